The molecule has 0 aliphatic carbocycles. The van der Waals surface area contributed by atoms with Crippen LogP contribution in [0.15, 0.2) is 60.7 Å². The van der Waals surface area contributed by atoms with Gasteiger partial charge in [-0.15, -0.1) is 0 Å². The highest BCUT2D eigenvalue weighted by Crippen LogP contribution is 2.47. The Morgan fingerprint density at radius 3 is 2.11 bits per heavy atom. The van der Waals surface area contributed by atoms with Crippen molar-refractivity contribution in [1.82, 2.24) is 5.32 Å². The number of nitrogens with one attached hydrogen (secondary N) is 1. The van der Waals surface area contributed by atoms with Crippen LogP contribution in [0.4, 0.5) is 4.79 Å². The quantitative estimate of drug-likeness (QED) is 0.551. The van der Waals surface area contributed by atoms with E-state index in [1.807, 2.05) is 12.1 Å². The number of carboxylic acid groups (broad SMARTS) is 1. The molecular formula is C20H24NO6P. The molecule has 0 saturated heterocycles. The molecule has 0 radical (unpaired) electrons. The minimum absolute atomic E-state index is 0.0287. The van der Waals surface area contributed by atoms with E-state index in [-0.39, 0.29) is 13.0 Å². The first-order valence-electron chi connectivity index (χ1n) is 8.83. The summed E-state index contributed by atoms with van der Waals surface area (Å²) in [4.78, 5) is 33.8. The zero-order valence-corrected chi connectivity index (χ0v) is 16.4. The Morgan fingerprint density at radius 1 is 1.04 bits per heavy atom. The zero-order valence-electron chi connectivity index (χ0n) is 15.5. The Bertz CT molecular complexity index is 827. The number of carboxylic acids is 1. The van der Waals surface area contributed by atoms with Crippen LogP contribution in [0.1, 0.15) is 18.1 Å². The third kappa shape index (κ3) is 6.83. The smallest absolute Gasteiger partial charge is 0.408 e. The number of rotatable bonds is 9. The van der Waals surface area contributed by atoms with Gasteiger partial charge in [0.2, 0.25) is 7.37 Å². The van der Waals surface area contributed by atoms with Crippen LogP contribution in [0.25, 0.3) is 0 Å². The van der Waals surface area contributed by atoms with Gasteiger partial charge in [-0.2, -0.15) is 0 Å². The number of amides is 1. The molecule has 150 valence electrons. The first kappa shape index (κ1) is 21.7. The summed E-state index contributed by atoms with van der Waals surface area (Å²) in [6.45, 7) is 1.40. The van der Waals surface area contributed by atoms with Gasteiger partial charge < -0.3 is 20.1 Å². The maximum Gasteiger partial charge on any atom is 0.408 e. The van der Waals surface area contributed by atoms with Crippen LogP contribution in [0, 0.1) is 5.92 Å². The highest BCUT2D eigenvalue weighted by atomic mass is 31.2. The van der Waals surface area contributed by atoms with Crippen molar-refractivity contribution in [2.75, 3.05) is 6.16 Å². The van der Waals surface area contributed by atoms with E-state index in [1.54, 1.807) is 48.5 Å². The molecule has 0 heterocycles. The summed E-state index contributed by atoms with van der Waals surface area (Å²) in [5.41, 5.74) is 1.55. The number of ether oxygens (including phenoxy) is 1. The van der Waals surface area contributed by atoms with Crippen LogP contribution < -0.4 is 5.32 Å². The van der Waals surface area contributed by atoms with E-state index in [1.165, 1.54) is 6.92 Å². The number of hydrogen-bond donors (Lipinski definition) is 3. The van der Waals surface area contributed by atoms with Crippen LogP contribution in [0.2, 0.25) is 0 Å². The number of benzene rings is 2. The van der Waals surface area contributed by atoms with Crippen molar-refractivity contribution in [3.05, 3.63) is 71.8 Å². The van der Waals surface area contributed by atoms with Gasteiger partial charge >= 0.3 is 12.1 Å². The van der Waals surface area contributed by atoms with Crippen molar-refractivity contribution in [2.45, 2.75) is 25.7 Å². The maximum absolute atomic E-state index is 12.7. The normalized spacial score (nSPS) is 15.1. The van der Waals surface area contributed by atoms with Crippen LogP contribution in [0.3, 0.4) is 0 Å². The molecule has 1 amide bonds. The van der Waals surface area contributed by atoms with E-state index >= 15 is 0 Å². The Hall–Kier alpha value is -2.63. The summed E-state index contributed by atoms with van der Waals surface area (Å²) in [6.07, 6.45) is -1.15. The van der Waals surface area contributed by atoms with Crippen molar-refractivity contribution < 1.29 is 28.9 Å². The first-order valence-corrected chi connectivity index (χ1v) is 10.7. The van der Waals surface area contributed by atoms with Gasteiger partial charge in [-0.3, -0.25) is 9.36 Å². The van der Waals surface area contributed by atoms with Gasteiger partial charge in [-0.25, -0.2) is 4.79 Å². The summed E-state index contributed by atoms with van der Waals surface area (Å²) in [7, 11) is -3.97. The number of hydrogen-bond acceptors (Lipinski definition) is 4. The van der Waals surface area contributed by atoms with Crippen molar-refractivity contribution in [1.29, 1.82) is 0 Å². The highest BCUT2D eigenvalue weighted by Gasteiger charge is 2.34. The molecule has 3 atom stereocenters. The minimum Gasteiger partial charge on any atom is -0.481 e. The average molecular weight is 405 g/mol. The molecule has 2 rings (SSSR count). The molecule has 7 nitrogen and oxygen atoms in total. The monoisotopic (exact) mass is 405 g/mol. The lowest BCUT2D eigenvalue weighted by molar-refractivity contribution is -0.141. The van der Waals surface area contributed by atoms with Gasteiger partial charge in [0.1, 0.15) is 12.4 Å². The van der Waals surface area contributed by atoms with Gasteiger partial charge in [0, 0.05) is 6.16 Å². The van der Waals surface area contributed by atoms with Gasteiger partial charge in [0.25, 0.3) is 0 Å². The van der Waals surface area contributed by atoms with Crippen LogP contribution >= 0.6 is 7.37 Å². The second kappa shape index (κ2) is 10.1. The fourth-order valence-corrected chi connectivity index (χ4v) is 4.18. The van der Waals surface area contributed by atoms with Crippen LogP contribution in [0.5, 0.6) is 0 Å². The third-order valence-electron chi connectivity index (χ3n) is 4.30. The zero-order chi connectivity index (χ0) is 20.6. The average Bonchev–Trinajstić information content (AvgIpc) is 2.67. The van der Waals surface area contributed by atoms with Crippen molar-refractivity contribution in [3.63, 3.8) is 0 Å². The van der Waals surface area contributed by atoms with Crippen LogP contribution in [-0.4, -0.2) is 34.0 Å². The molecular weight excluding hydrogens is 381 g/mol. The van der Waals surface area contributed by atoms with E-state index in [9.17, 15) is 24.2 Å². The molecule has 2 aromatic rings. The Kier molecular flexibility index (Phi) is 7.79. The van der Waals surface area contributed by atoms with Gasteiger partial charge in [0.15, 0.2) is 0 Å². The van der Waals surface area contributed by atoms with Crippen molar-refractivity contribution in [3.8, 4) is 0 Å². The number of aliphatic carboxylic acids is 1. The third-order valence-corrected chi connectivity index (χ3v) is 6.60. The number of carbonyl (C=O) groups is 2. The lowest BCUT2D eigenvalue weighted by atomic mass is 10.0. The molecule has 0 aliphatic heterocycles. The van der Waals surface area contributed by atoms with E-state index in [0.29, 0.717) is 0 Å². The Labute approximate surface area is 163 Å². The fourth-order valence-electron chi connectivity index (χ4n) is 2.64. The molecule has 0 aromatic heterocycles. The minimum atomic E-state index is -3.97. The largest absolute Gasteiger partial charge is 0.481 e. The Morgan fingerprint density at radius 2 is 1.57 bits per heavy atom. The predicted octanol–water partition coefficient (Wildman–Crippen LogP) is 3.47. The van der Waals surface area contributed by atoms with Crippen molar-refractivity contribution >= 4 is 19.4 Å². The lowest BCUT2D eigenvalue weighted by Crippen LogP contribution is -2.35. The molecule has 0 fully saturated rings. The van der Waals surface area contributed by atoms with E-state index in [0.717, 1.165) is 11.1 Å². The molecule has 0 aliphatic rings. The summed E-state index contributed by atoms with van der Waals surface area (Å²) in [5, 5.41) is 11.8. The van der Waals surface area contributed by atoms with Crippen LogP contribution in [-0.2, 0) is 27.1 Å². The topological polar surface area (TPSA) is 113 Å². The van der Waals surface area contributed by atoms with E-state index < -0.39 is 37.3 Å². The SMILES string of the molecule is C[C@@H](NC(=O)OCc1ccccc1)P(=O)(O)C[C@@H](Cc1ccccc1)C(=O)O. The summed E-state index contributed by atoms with van der Waals surface area (Å²) < 4.78 is 17.7. The van der Waals surface area contributed by atoms with Gasteiger partial charge in [-0.1, -0.05) is 60.7 Å². The van der Waals surface area contributed by atoms with Gasteiger partial charge in [-0.05, 0) is 24.5 Å². The summed E-state index contributed by atoms with van der Waals surface area (Å²) in [6, 6.07) is 17.9. The fraction of sp³-hybridized carbons (Fsp3) is 0.300. The highest BCUT2D eigenvalue weighted by molar-refractivity contribution is 7.58. The molecule has 0 bridgehead atoms. The second-order valence-electron chi connectivity index (χ2n) is 6.55. The summed E-state index contributed by atoms with van der Waals surface area (Å²) >= 11 is 0. The number of alkyl carbamates (subject to hydrolysis) is 1. The first-order chi connectivity index (χ1) is 13.3. The molecule has 0 spiro atoms. The standard InChI is InChI=1S/C20H24NO6P/c1-15(21-20(24)27-13-17-10-6-3-7-11-17)28(25,26)14-18(19(22)23)12-16-8-4-2-5-9-16/h2-11,15,18H,12-14H2,1H3,(H,21,24)(H,22,23)(H,25,26)/t15-,18+/m0/s1. The van der Waals surface area contributed by atoms with E-state index in [2.05, 4.69) is 5.32 Å². The summed E-state index contributed by atoms with van der Waals surface area (Å²) in [5.74, 6) is -3.33. The Balaban J connectivity index is 1.92. The van der Waals surface area contributed by atoms with E-state index in [4.69, 9.17) is 4.74 Å². The molecule has 3 N–H and O–H groups in total. The number of carbonyl (C=O) groups excluding carboxylic acids is 1. The molecule has 2 aromatic carbocycles. The van der Waals surface area contributed by atoms with Gasteiger partial charge in [0.05, 0.1) is 5.92 Å². The molecule has 8 heteroatoms. The predicted molar refractivity (Wildman–Crippen MR) is 105 cm³/mol. The lowest BCUT2D eigenvalue weighted by Gasteiger charge is -2.23. The maximum atomic E-state index is 12.7. The second-order valence-corrected chi connectivity index (χ2v) is 9.20. The molecule has 28 heavy (non-hydrogen) atoms. The molecule has 0 saturated carbocycles. The van der Waals surface area contributed by atoms with Crippen molar-refractivity contribution in [2.24, 2.45) is 5.92 Å². The molecule has 1 unspecified atom stereocenters.